The molecule has 0 aliphatic carbocycles. The summed E-state index contributed by atoms with van der Waals surface area (Å²) in [4.78, 5) is 19.8. The van der Waals surface area contributed by atoms with Crippen LogP contribution in [0.5, 0.6) is 5.75 Å². The molecule has 1 atom stereocenters. The second-order valence-electron chi connectivity index (χ2n) is 9.56. The molecular weight excluding hydrogens is 470 g/mol. The topological polar surface area (TPSA) is 110 Å². The van der Waals surface area contributed by atoms with Crippen LogP contribution in [0.2, 0.25) is 0 Å². The second-order valence-corrected chi connectivity index (χ2v) is 9.56. The highest BCUT2D eigenvalue weighted by atomic mass is 16.5. The average Bonchev–Trinajstić information content (AvgIpc) is 3.60. The van der Waals surface area contributed by atoms with E-state index in [4.69, 9.17) is 9.47 Å². The Kier molecular flexibility index (Phi) is 6.19. The van der Waals surface area contributed by atoms with Gasteiger partial charge in [0.1, 0.15) is 12.4 Å². The first-order valence-corrected chi connectivity index (χ1v) is 12.4. The number of carbonyl (C=O) groups excluding carboxylic acids is 1. The highest BCUT2D eigenvalue weighted by Gasteiger charge is 2.22. The molecule has 1 fully saturated rings. The SMILES string of the molecule is CN1CC[C@@H](NC(=O)c2ccc3c(c2)OCCOCc2c(cnn2C)-c2cc4c(n[nH]c4cn2)C=C3)C1. The molecule has 10 heteroatoms. The Bertz CT molecular complexity index is 1490. The van der Waals surface area contributed by atoms with Crippen molar-refractivity contribution in [2.24, 2.45) is 7.05 Å². The van der Waals surface area contributed by atoms with Crippen molar-refractivity contribution >= 4 is 29.0 Å². The molecule has 3 aromatic heterocycles. The third kappa shape index (κ3) is 4.73. The molecule has 0 radical (unpaired) electrons. The number of rotatable bonds is 2. The number of pyridine rings is 1. The first kappa shape index (κ1) is 23.4. The van der Waals surface area contributed by atoms with E-state index in [1.807, 2.05) is 43.6 Å². The summed E-state index contributed by atoms with van der Waals surface area (Å²) in [6, 6.07) is 7.72. The normalized spacial score (nSPS) is 18.2. The van der Waals surface area contributed by atoms with Crippen molar-refractivity contribution < 1.29 is 14.3 Å². The van der Waals surface area contributed by atoms with Crippen LogP contribution in [0.25, 0.3) is 34.3 Å². The van der Waals surface area contributed by atoms with Gasteiger partial charge in [0.25, 0.3) is 5.91 Å². The number of nitrogens with zero attached hydrogens (tertiary/aromatic N) is 5. The molecule has 6 rings (SSSR count). The van der Waals surface area contributed by atoms with Crippen LogP contribution in [-0.4, -0.2) is 75.2 Å². The summed E-state index contributed by atoms with van der Waals surface area (Å²) in [5.41, 5.74) is 5.71. The maximum Gasteiger partial charge on any atom is 0.251 e. The molecule has 1 amide bonds. The van der Waals surface area contributed by atoms with Gasteiger partial charge in [-0.15, -0.1) is 0 Å². The number of H-pyrrole nitrogens is 1. The number of aryl methyl sites for hydroxylation is 1. The monoisotopic (exact) mass is 499 g/mol. The van der Waals surface area contributed by atoms with E-state index in [-0.39, 0.29) is 11.9 Å². The lowest BCUT2D eigenvalue weighted by Crippen LogP contribution is -2.36. The van der Waals surface area contributed by atoms with Gasteiger partial charge in [-0.2, -0.15) is 10.2 Å². The number of carbonyl (C=O) groups is 1. The highest BCUT2D eigenvalue weighted by Crippen LogP contribution is 2.29. The molecule has 0 unspecified atom stereocenters. The number of likely N-dealkylation sites (tertiary alicyclic amines) is 1. The number of hydrogen-bond acceptors (Lipinski definition) is 7. The lowest BCUT2D eigenvalue weighted by molar-refractivity contribution is 0.0851. The molecule has 10 nitrogen and oxygen atoms in total. The van der Waals surface area contributed by atoms with E-state index in [0.717, 1.165) is 58.6 Å². The van der Waals surface area contributed by atoms with Crippen LogP contribution in [0.15, 0.2) is 36.7 Å². The first-order valence-electron chi connectivity index (χ1n) is 12.4. The zero-order valence-corrected chi connectivity index (χ0v) is 20.9. The van der Waals surface area contributed by atoms with E-state index in [2.05, 4.69) is 37.5 Å². The molecule has 1 aromatic carbocycles. The minimum Gasteiger partial charge on any atom is -0.491 e. The zero-order valence-electron chi connectivity index (χ0n) is 20.9. The van der Waals surface area contributed by atoms with Crippen molar-refractivity contribution in [1.82, 2.24) is 35.2 Å². The molecule has 37 heavy (non-hydrogen) atoms. The fourth-order valence-electron chi connectivity index (χ4n) is 4.87. The van der Waals surface area contributed by atoms with Crippen molar-refractivity contribution in [3.63, 3.8) is 0 Å². The Hall–Kier alpha value is -4.02. The average molecular weight is 500 g/mol. The van der Waals surface area contributed by atoms with Gasteiger partial charge in [-0.25, -0.2) is 0 Å². The van der Waals surface area contributed by atoms with E-state index in [1.54, 1.807) is 16.9 Å². The number of hydrogen-bond donors (Lipinski definition) is 2. The fourth-order valence-corrected chi connectivity index (χ4v) is 4.87. The van der Waals surface area contributed by atoms with E-state index < -0.39 is 0 Å². The fraction of sp³-hybridized carbons (Fsp3) is 0.333. The number of likely N-dealkylation sites (N-methyl/N-ethyl adjacent to an activating group) is 1. The van der Waals surface area contributed by atoms with Gasteiger partial charge in [-0.1, -0.05) is 6.07 Å². The summed E-state index contributed by atoms with van der Waals surface area (Å²) in [6.07, 6.45) is 8.45. The summed E-state index contributed by atoms with van der Waals surface area (Å²) in [5, 5.41) is 16.0. The minimum absolute atomic E-state index is 0.0927. The molecule has 4 aromatic rings. The Morgan fingerprint density at radius 2 is 2.08 bits per heavy atom. The maximum atomic E-state index is 12.9. The largest absolute Gasteiger partial charge is 0.491 e. The van der Waals surface area contributed by atoms with Crippen LogP contribution in [0.3, 0.4) is 0 Å². The predicted molar refractivity (Wildman–Crippen MR) is 140 cm³/mol. The van der Waals surface area contributed by atoms with E-state index in [1.165, 1.54) is 0 Å². The Morgan fingerprint density at radius 3 is 2.95 bits per heavy atom. The molecule has 0 spiro atoms. The summed E-state index contributed by atoms with van der Waals surface area (Å²) < 4.78 is 13.9. The van der Waals surface area contributed by atoms with Gasteiger partial charge in [0.05, 0.1) is 48.2 Å². The molecule has 2 N–H and O–H groups in total. The Balaban J connectivity index is 1.34. The second kappa shape index (κ2) is 9.79. The molecule has 1 saturated heterocycles. The summed E-state index contributed by atoms with van der Waals surface area (Å²) in [5.74, 6) is 0.527. The number of ether oxygens (including phenoxy) is 2. The van der Waals surface area contributed by atoms with Gasteiger partial charge in [0.2, 0.25) is 0 Å². The van der Waals surface area contributed by atoms with Gasteiger partial charge in [-0.3, -0.25) is 19.6 Å². The maximum absolute atomic E-state index is 12.9. The van der Waals surface area contributed by atoms with Crippen molar-refractivity contribution in [2.75, 3.05) is 33.4 Å². The van der Waals surface area contributed by atoms with Crippen LogP contribution in [0.1, 0.15) is 33.7 Å². The lowest BCUT2D eigenvalue weighted by Gasteiger charge is -2.15. The van der Waals surface area contributed by atoms with Crippen LogP contribution in [0, 0.1) is 0 Å². The molecule has 2 aliphatic heterocycles. The minimum atomic E-state index is -0.0927. The molecule has 2 bridgehead atoms. The number of nitrogens with one attached hydrogen (secondary N) is 2. The van der Waals surface area contributed by atoms with Gasteiger partial charge in [0, 0.05) is 41.7 Å². The summed E-state index contributed by atoms with van der Waals surface area (Å²) in [6.45, 7) is 2.94. The van der Waals surface area contributed by atoms with Crippen LogP contribution in [-0.2, 0) is 18.4 Å². The van der Waals surface area contributed by atoms with Crippen molar-refractivity contribution in [3.8, 4) is 17.0 Å². The summed E-state index contributed by atoms with van der Waals surface area (Å²) >= 11 is 0. The lowest BCUT2D eigenvalue weighted by atomic mass is 10.1. The van der Waals surface area contributed by atoms with Crippen molar-refractivity contribution in [1.29, 1.82) is 0 Å². The van der Waals surface area contributed by atoms with E-state index in [0.29, 0.717) is 31.1 Å². The third-order valence-electron chi connectivity index (χ3n) is 6.96. The highest BCUT2D eigenvalue weighted by molar-refractivity contribution is 5.96. The molecule has 5 heterocycles. The standard InChI is InChI=1S/C27H29N7O3/c1-33-8-7-19(15-33)30-27(35)18-4-3-17-5-6-22-20-12-23(28-14-24(20)32-31-22)21-13-29-34(2)25(21)16-36-9-10-37-26(17)11-18/h3-6,11-14,19H,7-10,15-16H2,1-2H3,(H,30,35)(H,31,32)/t19-/m1/s1. The molecular formula is C27H29N7O3. The van der Waals surface area contributed by atoms with Gasteiger partial charge >= 0.3 is 0 Å². The first-order chi connectivity index (χ1) is 18.0. The van der Waals surface area contributed by atoms with Crippen molar-refractivity contribution in [2.45, 2.75) is 19.1 Å². The number of benzene rings is 1. The van der Waals surface area contributed by atoms with Crippen LogP contribution < -0.4 is 10.1 Å². The molecule has 2 aliphatic rings. The van der Waals surface area contributed by atoms with E-state index >= 15 is 0 Å². The predicted octanol–water partition coefficient (Wildman–Crippen LogP) is 2.87. The number of fused-ring (bicyclic) bond motifs is 4. The Labute approximate surface area is 214 Å². The van der Waals surface area contributed by atoms with Gasteiger partial charge in [-0.05, 0) is 50.4 Å². The molecule has 190 valence electrons. The van der Waals surface area contributed by atoms with Crippen LogP contribution in [0.4, 0.5) is 0 Å². The quantitative estimate of drug-likeness (QED) is 0.436. The smallest absolute Gasteiger partial charge is 0.251 e. The number of amides is 1. The zero-order chi connectivity index (χ0) is 25.4. The van der Waals surface area contributed by atoms with Crippen molar-refractivity contribution in [3.05, 3.63) is 59.2 Å². The number of aromatic amines is 1. The van der Waals surface area contributed by atoms with E-state index in [9.17, 15) is 4.79 Å². The molecule has 0 saturated carbocycles. The van der Waals surface area contributed by atoms with Crippen LogP contribution >= 0.6 is 0 Å². The van der Waals surface area contributed by atoms with Gasteiger partial charge < -0.3 is 19.7 Å². The Morgan fingerprint density at radius 1 is 1.16 bits per heavy atom. The third-order valence-corrected chi connectivity index (χ3v) is 6.96. The summed E-state index contributed by atoms with van der Waals surface area (Å²) in [7, 11) is 3.96. The number of aromatic nitrogens is 5. The van der Waals surface area contributed by atoms with Gasteiger partial charge in [0.15, 0.2) is 0 Å².